The Morgan fingerprint density at radius 3 is 2.58 bits per heavy atom. The van der Waals surface area contributed by atoms with Gasteiger partial charge in [-0.1, -0.05) is 12.1 Å². The SMILES string of the molecule is O=Cc1ccc(F)c(-c2cc3cccc(F)c3o2)c1. The van der Waals surface area contributed by atoms with E-state index in [2.05, 4.69) is 0 Å². The highest BCUT2D eigenvalue weighted by atomic mass is 19.1. The second-order valence-corrected chi connectivity index (χ2v) is 4.13. The number of carbonyl (C=O) groups is 1. The minimum atomic E-state index is -0.523. The number of hydrogen-bond donors (Lipinski definition) is 0. The van der Waals surface area contributed by atoms with E-state index in [4.69, 9.17) is 4.42 Å². The van der Waals surface area contributed by atoms with Crippen LogP contribution in [-0.4, -0.2) is 6.29 Å². The molecule has 1 heterocycles. The summed E-state index contributed by atoms with van der Waals surface area (Å²) >= 11 is 0. The van der Waals surface area contributed by atoms with Gasteiger partial charge in [0, 0.05) is 10.9 Å². The van der Waals surface area contributed by atoms with Gasteiger partial charge in [-0.2, -0.15) is 0 Å². The number of hydrogen-bond acceptors (Lipinski definition) is 2. The second kappa shape index (κ2) is 4.31. The monoisotopic (exact) mass is 258 g/mol. The lowest BCUT2D eigenvalue weighted by Gasteiger charge is -1.99. The van der Waals surface area contributed by atoms with Gasteiger partial charge in [-0.15, -0.1) is 0 Å². The van der Waals surface area contributed by atoms with Gasteiger partial charge in [0.1, 0.15) is 17.9 Å². The number of carbonyl (C=O) groups excluding carboxylic acids is 1. The molecule has 2 nitrogen and oxygen atoms in total. The Hall–Kier alpha value is -2.49. The van der Waals surface area contributed by atoms with Crippen LogP contribution in [0.4, 0.5) is 8.78 Å². The summed E-state index contributed by atoms with van der Waals surface area (Å²) in [6, 6.07) is 9.97. The Kier molecular flexibility index (Phi) is 2.63. The Balaban J connectivity index is 2.24. The molecule has 0 spiro atoms. The minimum Gasteiger partial charge on any atom is -0.453 e. The van der Waals surface area contributed by atoms with E-state index in [0.29, 0.717) is 17.2 Å². The average Bonchev–Trinajstić information content (AvgIpc) is 2.84. The van der Waals surface area contributed by atoms with Crippen LogP contribution in [0.3, 0.4) is 0 Å². The van der Waals surface area contributed by atoms with Gasteiger partial charge >= 0.3 is 0 Å². The molecule has 19 heavy (non-hydrogen) atoms. The lowest BCUT2D eigenvalue weighted by atomic mass is 10.1. The average molecular weight is 258 g/mol. The molecule has 0 radical (unpaired) electrons. The molecular weight excluding hydrogens is 250 g/mol. The second-order valence-electron chi connectivity index (χ2n) is 4.13. The maximum Gasteiger partial charge on any atom is 0.170 e. The molecule has 0 saturated carbocycles. The highest BCUT2D eigenvalue weighted by Gasteiger charge is 2.13. The van der Waals surface area contributed by atoms with Crippen LogP contribution in [0, 0.1) is 11.6 Å². The first-order chi connectivity index (χ1) is 9.19. The molecule has 4 heteroatoms. The van der Waals surface area contributed by atoms with Gasteiger partial charge in [-0.3, -0.25) is 4.79 Å². The number of rotatable bonds is 2. The van der Waals surface area contributed by atoms with E-state index in [1.54, 1.807) is 18.2 Å². The first-order valence-electron chi connectivity index (χ1n) is 5.62. The van der Waals surface area contributed by atoms with Crippen molar-refractivity contribution in [1.82, 2.24) is 0 Å². The number of benzene rings is 2. The first-order valence-corrected chi connectivity index (χ1v) is 5.62. The molecular formula is C15H8F2O2. The van der Waals surface area contributed by atoms with Crippen molar-refractivity contribution in [3.8, 4) is 11.3 Å². The Morgan fingerprint density at radius 1 is 1.00 bits per heavy atom. The highest BCUT2D eigenvalue weighted by Crippen LogP contribution is 2.31. The summed E-state index contributed by atoms with van der Waals surface area (Å²) < 4.78 is 32.6. The van der Waals surface area contributed by atoms with Crippen molar-refractivity contribution in [1.29, 1.82) is 0 Å². The molecule has 2 aromatic carbocycles. The zero-order valence-electron chi connectivity index (χ0n) is 9.69. The van der Waals surface area contributed by atoms with E-state index < -0.39 is 11.6 Å². The van der Waals surface area contributed by atoms with Crippen LogP contribution in [0.1, 0.15) is 10.4 Å². The molecule has 0 aliphatic heterocycles. The summed E-state index contributed by atoms with van der Waals surface area (Å²) in [6.45, 7) is 0. The molecule has 0 bridgehead atoms. The van der Waals surface area contributed by atoms with Crippen LogP contribution < -0.4 is 0 Å². The summed E-state index contributed by atoms with van der Waals surface area (Å²) in [7, 11) is 0. The van der Waals surface area contributed by atoms with Crippen LogP contribution >= 0.6 is 0 Å². The van der Waals surface area contributed by atoms with Crippen molar-refractivity contribution in [2.24, 2.45) is 0 Å². The van der Waals surface area contributed by atoms with Gasteiger partial charge in [0.25, 0.3) is 0 Å². The van der Waals surface area contributed by atoms with Crippen LogP contribution in [0.15, 0.2) is 46.9 Å². The molecule has 0 N–H and O–H groups in total. The fourth-order valence-electron chi connectivity index (χ4n) is 1.97. The smallest absolute Gasteiger partial charge is 0.170 e. The number of furan rings is 1. The Morgan fingerprint density at radius 2 is 1.84 bits per heavy atom. The van der Waals surface area contributed by atoms with Gasteiger partial charge in [0.15, 0.2) is 11.4 Å². The number of halogens is 2. The van der Waals surface area contributed by atoms with Gasteiger partial charge in [-0.25, -0.2) is 8.78 Å². The van der Waals surface area contributed by atoms with E-state index in [9.17, 15) is 13.6 Å². The van der Waals surface area contributed by atoms with Gasteiger partial charge in [0.05, 0.1) is 5.56 Å². The van der Waals surface area contributed by atoms with Crippen LogP contribution in [0.25, 0.3) is 22.3 Å². The lowest BCUT2D eigenvalue weighted by molar-refractivity contribution is 0.112. The summed E-state index contributed by atoms with van der Waals surface area (Å²) in [5.41, 5.74) is 0.547. The fraction of sp³-hybridized carbons (Fsp3) is 0. The third-order valence-electron chi connectivity index (χ3n) is 2.89. The standard InChI is InChI=1S/C15H8F2O2/c16-12-5-4-9(8-18)6-11(12)14-7-10-2-1-3-13(17)15(10)19-14/h1-8H. The number of para-hydroxylation sites is 1. The fourth-order valence-corrected chi connectivity index (χ4v) is 1.97. The molecule has 0 fully saturated rings. The van der Waals surface area contributed by atoms with Crippen molar-refractivity contribution in [2.75, 3.05) is 0 Å². The zero-order valence-corrected chi connectivity index (χ0v) is 9.69. The maximum atomic E-state index is 13.8. The normalized spacial score (nSPS) is 10.8. The molecule has 0 unspecified atom stereocenters. The third-order valence-corrected chi connectivity index (χ3v) is 2.89. The molecule has 0 saturated heterocycles. The largest absolute Gasteiger partial charge is 0.453 e. The molecule has 0 aliphatic carbocycles. The zero-order chi connectivity index (χ0) is 13.4. The molecule has 94 valence electrons. The van der Waals surface area contributed by atoms with Crippen LogP contribution in [-0.2, 0) is 0 Å². The molecule has 3 aromatic rings. The van der Waals surface area contributed by atoms with Crippen molar-refractivity contribution >= 4 is 17.3 Å². The van der Waals surface area contributed by atoms with E-state index >= 15 is 0 Å². The van der Waals surface area contributed by atoms with Crippen LogP contribution in [0.5, 0.6) is 0 Å². The highest BCUT2D eigenvalue weighted by molar-refractivity contribution is 5.85. The lowest BCUT2D eigenvalue weighted by Crippen LogP contribution is -1.86. The van der Waals surface area contributed by atoms with Gasteiger partial charge in [0.2, 0.25) is 0 Å². The van der Waals surface area contributed by atoms with Gasteiger partial charge < -0.3 is 4.42 Å². The summed E-state index contributed by atoms with van der Waals surface area (Å²) in [4.78, 5) is 10.7. The van der Waals surface area contributed by atoms with Crippen molar-refractivity contribution in [3.63, 3.8) is 0 Å². The molecule has 0 atom stereocenters. The van der Waals surface area contributed by atoms with Crippen molar-refractivity contribution in [2.45, 2.75) is 0 Å². The van der Waals surface area contributed by atoms with E-state index in [0.717, 1.165) is 0 Å². The topological polar surface area (TPSA) is 30.2 Å². The van der Waals surface area contributed by atoms with E-state index in [1.165, 1.54) is 24.3 Å². The summed E-state index contributed by atoms with van der Waals surface area (Å²) in [6.07, 6.45) is 0.617. The molecule has 0 amide bonds. The Labute approximate surface area is 107 Å². The van der Waals surface area contributed by atoms with Crippen molar-refractivity contribution < 1.29 is 18.0 Å². The molecule has 3 rings (SSSR count). The van der Waals surface area contributed by atoms with Gasteiger partial charge in [-0.05, 0) is 30.3 Å². The molecule has 1 aromatic heterocycles. The summed E-state index contributed by atoms with van der Waals surface area (Å²) in [5, 5.41) is 0.547. The molecule has 0 aliphatic rings. The van der Waals surface area contributed by atoms with E-state index in [-0.39, 0.29) is 16.9 Å². The summed E-state index contributed by atoms with van der Waals surface area (Å²) in [5.74, 6) is -0.831. The predicted octanol–water partition coefficient (Wildman–Crippen LogP) is 4.19. The minimum absolute atomic E-state index is 0.0772. The predicted molar refractivity (Wildman–Crippen MR) is 67.0 cm³/mol. The number of fused-ring (bicyclic) bond motifs is 1. The van der Waals surface area contributed by atoms with E-state index in [1.807, 2.05) is 0 Å². The number of aldehydes is 1. The third kappa shape index (κ3) is 1.91. The van der Waals surface area contributed by atoms with Crippen LogP contribution in [0.2, 0.25) is 0 Å². The Bertz CT molecular complexity index is 775. The quantitative estimate of drug-likeness (QED) is 0.645. The first kappa shape index (κ1) is 11.6. The van der Waals surface area contributed by atoms with Crippen molar-refractivity contribution in [3.05, 3.63) is 59.7 Å². The maximum absolute atomic E-state index is 13.8.